The Balaban J connectivity index is 2.52. The van der Waals surface area contributed by atoms with Gasteiger partial charge in [0, 0.05) is 17.4 Å². The van der Waals surface area contributed by atoms with E-state index in [9.17, 15) is 4.79 Å². The highest BCUT2D eigenvalue weighted by Gasteiger charge is 2.18. The monoisotopic (exact) mass is 338 g/mol. The van der Waals surface area contributed by atoms with Crippen LogP contribution in [0.25, 0.3) is 0 Å². The zero-order valence-electron chi connectivity index (χ0n) is 11.7. The van der Waals surface area contributed by atoms with E-state index in [1.165, 1.54) is 0 Å². The molecule has 0 atom stereocenters. The molecule has 0 heterocycles. The zero-order chi connectivity index (χ0) is 15.2. The molecule has 0 spiro atoms. The highest BCUT2D eigenvalue weighted by Crippen LogP contribution is 2.27. The van der Waals surface area contributed by atoms with Crippen LogP contribution in [0.2, 0.25) is 0 Å². The van der Waals surface area contributed by atoms with Crippen molar-refractivity contribution >= 4 is 27.6 Å². The molecule has 0 aliphatic rings. The van der Waals surface area contributed by atoms with Crippen molar-refractivity contribution < 1.29 is 9.90 Å². The summed E-state index contributed by atoms with van der Waals surface area (Å²) in [7, 11) is 0. The van der Waals surface area contributed by atoms with Crippen molar-refractivity contribution in [2.75, 3.05) is 11.9 Å². The van der Waals surface area contributed by atoms with Gasteiger partial charge in [-0.1, -0.05) is 29.8 Å². The van der Waals surface area contributed by atoms with E-state index >= 15 is 0 Å². The van der Waals surface area contributed by atoms with E-state index in [4.69, 9.17) is 10.4 Å². The van der Waals surface area contributed by atoms with Crippen molar-refractivity contribution in [1.29, 1.82) is 5.26 Å². The first-order chi connectivity index (χ1) is 9.34. The van der Waals surface area contributed by atoms with Crippen molar-refractivity contribution in [2.45, 2.75) is 33.1 Å². The van der Waals surface area contributed by atoms with Gasteiger partial charge in [0.1, 0.15) is 6.07 Å². The number of halogens is 1. The summed E-state index contributed by atoms with van der Waals surface area (Å²) in [5, 5.41) is 21.0. The molecular weight excluding hydrogens is 320 g/mol. The molecule has 0 unspecified atom stereocenters. The number of carbonyl (C=O) groups is 1. The summed E-state index contributed by atoms with van der Waals surface area (Å²) in [5.41, 5.74) is 1.38. The van der Waals surface area contributed by atoms with Crippen LogP contribution < -0.4 is 5.32 Å². The number of carboxylic acid groups (broad SMARTS) is 1. The molecule has 0 amide bonds. The molecule has 0 fully saturated rings. The predicted octanol–water partition coefficient (Wildman–Crippen LogP) is 4.01. The quantitative estimate of drug-likeness (QED) is 0.787. The Labute approximate surface area is 127 Å². The molecule has 1 aromatic carbocycles. The third kappa shape index (κ3) is 5.62. The molecule has 5 heteroatoms. The second-order valence-corrected chi connectivity index (χ2v) is 6.45. The van der Waals surface area contributed by atoms with Crippen molar-refractivity contribution in [3.8, 4) is 6.07 Å². The number of anilines is 1. The number of nitriles is 1. The molecule has 0 aliphatic carbocycles. The number of hydrogen-bond acceptors (Lipinski definition) is 3. The fraction of sp³-hybridized carbons (Fsp3) is 0.467. The number of nitrogens with one attached hydrogen (secondary N) is 1. The Bertz CT molecular complexity index is 521. The maximum atomic E-state index is 10.6. The van der Waals surface area contributed by atoms with Crippen LogP contribution in [0.3, 0.4) is 0 Å². The summed E-state index contributed by atoms with van der Waals surface area (Å²) < 4.78 is 0.876. The normalized spacial score (nSPS) is 10.9. The Morgan fingerprint density at radius 3 is 2.75 bits per heavy atom. The van der Waals surface area contributed by atoms with Crippen LogP contribution in [-0.2, 0) is 4.79 Å². The number of aliphatic carboxylic acids is 1. The average molecular weight is 339 g/mol. The first kappa shape index (κ1) is 16.5. The highest BCUT2D eigenvalue weighted by molar-refractivity contribution is 9.10. The van der Waals surface area contributed by atoms with E-state index in [2.05, 4.69) is 41.2 Å². The summed E-state index contributed by atoms with van der Waals surface area (Å²) in [5.74, 6) is -0.759. The Hall–Kier alpha value is -1.54. The topological polar surface area (TPSA) is 73.1 Å². The smallest absolute Gasteiger partial charge is 0.303 e. The van der Waals surface area contributed by atoms with Crippen LogP contribution in [-0.4, -0.2) is 17.6 Å². The molecule has 0 aliphatic heterocycles. The van der Waals surface area contributed by atoms with E-state index in [0.717, 1.165) is 16.6 Å². The minimum absolute atomic E-state index is 0.0342. The number of benzene rings is 1. The SMILES string of the molecule is CC(C)(CCNc1ccc(Br)cc1C#N)CCC(=O)O. The molecule has 0 saturated carbocycles. The van der Waals surface area contributed by atoms with Crippen LogP contribution in [0, 0.1) is 16.7 Å². The summed E-state index contributed by atoms with van der Waals surface area (Å²) >= 11 is 3.34. The summed E-state index contributed by atoms with van der Waals surface area (Å²) in [6, 6.07) is 7.69. The second-order valence-electron chi connectivity index (χ2n) is 5.54. The molecule has 0 bridgehead atoms. The maximum Gasteiger partial charge on any atom is 0.303 e. The fourth-order valence-corrected chi connectivity index (χ4v) is 2.23. The van der Waals surface area contributed by atoms with Gasteiger partial charge in [-0.25, -0.2) is 0 Å². The molecular formula is C15H19BrN2O2. The molecule has 108 valence electrons. The van der Waals surface area contributed by atoms with E-state index in [0.29, 0.717) is 18.5 Å². The molecule has 1 rings (SSSR count). The van der Waals surface area contributed by atoms with Crippen molar-refractivity contribution in [3.63, 3.8) is 0 Å². The van der Waals surface area contributed by atoms with E-state index < -0.39 is 5.97 Å². The lowest BCUT2D eigenvalue weighted by Gasteiger charge is -2.24. The first-order valence-electron chi connectivity index (χ1n) is 6.49. The van der Waals surface area contributed by atoms with E-state index in [-0.39, 0.29) is 11.8 Å². The van der Waals surface area contributed by atoms with Crippen LogP contribution >= 0.6 is 15.9 Å². The molecule has 0 aromatic heterocycles. The average Bonchev–Trinajstić information content (AvgIpc) is 2.38. The number of nitrogens with zero attached hydrogens (tertiary/aromatic N) is 1. The Morgan fingerprint density at radius 2 is 2.15 bits per heavy atom. The van der Waals surface area contributed by atoms with Crippen LogP contribution in [0.1, 0.15) is 38.7 Å². The van der Waals surface area contributed by atoms with Crippen molar-refractivity contribution in [1.82, 2.24) is 0 Å². The van der Waals surface area contributed by atoms with Crippen molar-refractivity contribution in [3.05, 3.63) is 28.2 Å². The number of hydrogen-bond donors (Lipinski definition) is 2. The summed E-state index contributed by atoms with van der Waals surface area (Å²) in [6.45, 7) is 4.83. The van der Waals surface area contributed by atoms with Crippen LogP contribution in [0.15, 0.2) is 22.7 Å². The lowest BCUT2D eigenvalue weighted by atomic mass is 9.84. The molecule has 0 saturated heterocycles. The van der Waals surface area contributed by atoms with Gasteiger partial charge in [0.25, 0.3) is 0 Å². The maximum absolute atomic E-state index is 10.6. The standard InChI is InChI=1S/C15H19BrN2O2/c1-15(2,6-5-14(19)20)7-8-18-13-4-3-12(16)9-11(13)10-17/h3-4,9,18H,5-8H2,1-2H3,(H,19,20). The number of rotatable bonds is 7. The van der Waals surface area contributed by atoms with E-state index in [1.54, 1.807) is 6.07 Å². The van der Waals surface area contributed by atoms with Crippen LogP contribution in [0.4, 0.5) is 5.69 Å². The van der Waals surface area contributed by atoms with Gasteiger partial charge in [-0.05, 0) is 36.5 Å². The van der Waals surface area contributed by atoms with Gasteiger partial charge in [0.2, 0.25) is 0 Å². The lowest BCUT2D eigenvalue weighted by Crippen LogP contribution is -2.18. The third-order valence-electron chi connectivity index (χ3n) is 3.23. The lowest BCUT2D eigenvalue weighted by molar-refractivity contribution is -0.137. The van der Waals surface area contributed by atoms with Gasteiger partial charge in [-0.2, -0.15) is 5.26 Å². The highest BCUT2D eigenvalue weighted by atomic mass is 79.9. The fourth-order valence-electron chi connectivity index (χ4n) is 1.87. The van der Waals surface area contributed by atoms with Gasteiger partial charge in [0.05, 0.1) is 11.3 Å². The Kier molecular flexibility index (Phi) is 6.03. The first-order valence-corrected chi connectivity index (χ1v) is 7.29. The van der Waals surface area contributed by atoms with Crippen LogP contribution in [0.5, 0.6) is 0 Å². The molecule has 0 radical (unpaired) electrons. The van der Waals surface area contributed by atoms with Gasteiger partial charge < -0.3 is 10.4 Å². The Morgan fingerprint density at radius 1 is 1.45 bits per heavy atom. The summed E-state index contributed by atoms with van der Waals surface area (Å²) in [6.07, 6.45) is 1.69. The molecule has 1 aromatic rings. The van der Waals surface area contributed by atoms with E-state index in [1.807, 2.05) is 12.1 Å². The van der Waals surface area contributed by atoms with Gasteiger partial charge in [-0.15, -0.1) is 0 Å². The second kappa shape index (κ2) is 7.30. The molecule has 20 heavy (non-hydrogen) atoms. The zero-order valence-corrected chi connectivity index (χ0v) is 13.3. The minimum Gasteiger partial charge on any atom is -0.481 e. The van der Waals surface area contributed by atoms with Gasteiger partial charge in [-0.3, -0.25) is 4.79 Å². The third-order valence-corrected chi connectivity index (χ3v) is 3.73. The largest absolute Gasteiger partial charge is 0.481 e. The molecule has 2 N–H and O–H groups in total. The predicted molar refractivity (Wildman–Crippen MR) is 82.6 cm³/mol. The minimum atomic E-state index is -0.759. The molecule has 4 nitrogen and oxygen atoms in total. The van der Waals surface area contributed by atoms with Crippen molar-refractivity contribution in [2.24, 2.45) is 5.41 Å². The number of carboxylic acids is 1. The van der Waals surface area contributed by atoms with Gasteiger partial charge >= 0.3 is 5.97 Å². The summed E-state index contributed by atoms with van der Waals surface area (Å²) in [4.78, 5) is 10.6. The van der Waals surface area contributed by atoms with Gasteiger partial charge in [0.15, 0.2) is 0 Å².